The zero-order valence-electron chi connectivity index (χ0n) is 11.6. The molecule has 3 nitrogen and oxygen atoms in total. The maximum absolute atomic E-state index is 6.16. The van der Waals surface area contributed by atoms with Crippen LogP contribution in [-0.2, 0) is 9.47 Å². The first-order valence-corrected chi connectivity index (χ1v) is 7.79. The molecule has 1 saturated carbocycles. The maximum Gasteiger partial charge on any atom is 0.0700 e. The number of hydrogen-bond donors (Lipinski definition) is 1. The van der Waals surface area contributed by atoms with Crippen LogP contribution in [0.15, 0.2) is 0 Å². The minimum atomic E-state index is 0.219. The fourth-order valence-corrected chi connectivity index (χ4v) is 3.97. The van der Waals surface area contributed by atoms with Crippen LogP contribution < -0.4 is 5.32 Å². The fraction of sp³-hybridized carbons (Fsp3) is 1.00. The number of rotatable bonds is 2. The summed E-state index contributed by atoms with van der Waals surface area (Å²) in [6, 6.07) is 1.21. The van der Waals surface area contributed by atoms with Crippen LogP contribution in [0.4, 0.5) is 0 Å². The Kier molecular flexibility index (Phi) is 3.92. The van der Waals surface area contributed by atoms with Gasteiger partial charge in [-0.05, 0) is 39.0 Å². The SMILES string of the molecule is CC1OCCC1NC1CCOC2(CCCCC2)C1. The van der Waals surface area contributed by atoms with Gasteiger partial charge in [-0.3, -0.25) is 0 Å². The number of hydrogen-bond acceptors (Lipinski definition) is 3. The van der Waals surface area contributed by atoms with Crippen molar-refractivity contribution in [2.75, 3.05) is 13.2 Å². The van der Waals surface area contributed by atoms with Crippen LogP contribution in [0.5, 0.6) is 0 Å². The summed E-state index contributed by atoms with van der Waals surface area (Å²) in [6.07, 6.45) is 10.6. The molecule has 0 aromatic carbocycles. The highest BCUT2D eigenvalue weighted by Crippen LogP contribution is 2.38. The van der Waals surface area contributed by atoms with Crippen molar-refractivity contribution in [1.29, 1.82) is 0 Å². The van der Waals surface area contributed by atoms with Crippen molar-refractivity contribution in [3.63, 3.8) is 0 Å². The molecule has 18 heavy (non-hydrogen) atoms. The van der Waals surface area contributed by atoms with Crippen LogP contribution >= 0.6 is 0 Å². The van der Waals surface area contributed by atoms with E-state index in [4.69, 9.17) is 9.47 Å². The molecule has 2 heterocycles. The van der Waals surface area contributed by atoms with Gasteiger partial charge in [0.25, 0.3) is 0 Å². The fourth-order valence-electron chi connectivity index (χ4n) is 3.97. The molecular formula is C15H27NO2. The first kappa shape index (κ1) is 12.9. The third kappa shape index (κ3) is 2.73. The predicted octanol–water partition coefficient (Wildman–Crippen LogP) is 2.64. The zero-order chi connectivity index (χ0) is 12.4. The van der Waals surface area contributed by atoms with Gasteiger partial charge in [-0.1, -0.05) is 19.3 Å². The molecule has 1 spiro atoms. The second-order valence-corrected chi connectivity index (χ2v) is 6.42. The maximum atomic E-state index is 6.16. The van der Waals surface area contributed by atoms with Crippen LogP contribution in [0.3, 0.4) is 0 Å². The molecule has 3 heteroatoms. The van der Waals surface area contributed by atoms with Crippen LogP contribution in [0.25, 0.3) is 0 Å². The monoisotopic (exact) mass is 253 g/mol. The Bertz CT molecular complexity index is 270. The number of nitrogens with one attached hydrogen (secondary N) is 1. The molecule has 0 amide bonds. The molecule has 1 N–H and O–H groups in total. The van der Waals surface area contributed by atoms with E-state index in [1.807, 2.05) is 0 Å². The van der Waals surface area contributed by atoms with Crippen molar-refractivity contribution in [3.8, 4) is 0 Å². The summed E-state index contributed by atoms with van der Waals surface area (Å²) in [6.45, 7) is 4.06. The largest absolute Gasteiger partial charge is 0.377 e. The summed E-state index contributed by atoms with van der Waals surface area (Å²) in [5.74, 6) is 0. The van der Waals surface area contributed by atoms with Crippen molar-refractivity contribution in [1.82, 2.24) is 5.32 Å². The molecule has 2 aliphatic heterocycles. The van der Waals surface area contributed by atoms with Crippen molar-refractivity contribution in [2.45, 2.75) is 82.1 Å². The van der Waals surface area contributed by atoms with Gasteiger partial charge in [0, 0.05) is 25.3 Å². The normalized spacial score (nSPS) is 40.2. The lowest BCUT2D eigenvalue weighted by Gasteiger charge is -2.44. The lowest BCUT2D eigenvalue weighted by molar-refractivity contribution is -0.110. The van der Waals surface area contributed by atoms with Crippen molar-refractivity contribution in [3.05, 3.63) is 0 Å². The van der Waals surface area contributed by atoms with Gasteiger partial charge in [0.2, 0.25) is 0 Å². The molecule has 3 atom stereocenters. The summed E-state index contributed by atoms with van der Waals surface area (Å²) in [5, 5.41) is 3.83. The molecule has 3 aliphatic rings. The molecule has 3 unspecified atom stereocenters. The lowest BCUT2D eigenvalue weighted by Crippen LogP contribution is -2.51. The lowest BCUT2D eigenvalue weighted by atomic mass is 9.78. The second-order valence-electron chi connectivity index (χ2n) is 6.42. The quantitative estimate of drug-likeness (QED) is 0.820. The summed E-state index contributed by atoms with van der Waals surface area (Å²) in [4.78, 5) is 0. The smallest absolute Gasteiger partial charge is 0.0700 e. The van der Waals surface area contributed by atoms with Crippen LogP contribution in [0, 0.1) is 0 Å². The topological polar surface area (TPSA) is 30.5 Å². The molecule has 3 fully saturated rings. The van der Waals surface area contributed by atoms with E-state index in [2.05, 4.69) is 12.2 Å². The molecule has 0 aromatic rings. The van der Waals surface area contributed by atoms with E-state index in [9.17, 15) is 0 Å². The number of ether oxygens (including phenoxy) is 2. The average molecular weight is 253 g/mol. The minimum absolute atomic E-state index is 0.219. The van der Waals surface area contributed by atoms with E-state index in [0.717, 1.165) is 13.2 Å². The van der Waals surface area contributed by atoms with Crippen LogP contribution in [0.1, 0.15) is 58.3 Å². The average Bonchev–Trinajstić information content (AvgIpc) is 2.76. The third-order valence-corrected chi connectivity index (χ3v) is 5.08. The Morgan fingerprint density at radius 2 is 1.89 bits per heavy atom. The Morgan fingerprint density at radius 1 is 1.06 bits per heavy atom. The first-order valence-electron chi connectivity index (χ1n) is 7.79. The molecular weight excluding hydrogens is 226 g/mol. The van der Waals surface area contributed by atoms with E-state index in [-0.39, 0.29) is 5.60 Å². The van der Waals surface area contributed by atoms with Crippen LogP contribution in [-0.4, -0.2) is 37.0 Å². The summed E-state index contributed by atoms with van der Waals surface area (Å²) in [5.41, 5.74) is 0.219. The zero-order valence-corrected chi connectivity index (χ0v) is 11.6. The van der Waals surface area contributed by atoms with Crippen LogP contribution in [0.2, 0.25) is 0 Å². The highest BCUT2D eigenvalue weighted by molar-refractivity contribution is 4.94. The summed E-state index contributed by atoms with van der Waals surface area (Å²) >= 11 is 0. The Hall–Kier alpha value is -0.120. The Morgan fingerprint density at radius 3 is 2.61 bits per heavy atom. The first-order chi connectivity index (χ1) is 8.77. The highest BCUT2D eigenvalue weighted by Gasteiger charge is 2.39. The molecule has 2 saturated heterocycles. The Labute approximate surface area is 111 Å². The molecule has 0 bridgehead atoms. The summed E-state index contributed by atoms with van der Waals surface area (Å²) in [7, 11) is 0. The standard InChI is InChI=1S/C15H27NO2/c1-12-14(6-9-17-12)16-13-5-10-18-15(11-13)7-3-2-4-8-15/h12-14,16H,2-11H2,1H3. The molecule has 104 valence electrons. The van der Waals surface area contributed by atoms with Crippen molar-refractivity contribution >= 4 is 0 Å². The van der Waals surface area contributed by atoms with Gasteiger partial charge < -0.3 is 14.8 Å². The van der Waals surface area contributed by atoms with Gasteiger partial charge in [-0.2, -0.15) is 0 Å². The van der Waals surface area contributed by atoms with Gasteiger partial charge in [0.15, 0.2) is 0 Å². The van der Waals surface area contributed by atoms with E-state index < -0.39 is 0 Å². The van der Waals surface area contributed by atoms with E-state index in [0.29, 0.717) is 18.2 Å². The van der Waals surface area contributed by atoms with E-state index in [1.165, 1.54) is 51.4 Å². The second kappa shape index (κ2) is 5.48. The minimum Gasteiger partial charge on any atom is -0.377 e. The molecule has 0 aromatic heterocycles. The predicted molar refractivity (Wildman–Crippen MR) is 71.7 cm³/mol. The Balaban J connectivity index is 1.56. The third-order valence-electron chi connectivity index (χ3n) is 5.08. The van der Waals surface area contributed by atoms with Crippen molar-refractivity contribution < 1.29 is 9.47 Å². The van der Waals surface area contributed by atoms with Crippen molar-refractivity contribution in [2.24, 2.45) is 0 Å². The summed E-state index contributed by atoms with van der Waals surface area (Å²) < 4.78 is 11.8. The van der Waals surface area contributed by atoms with E-state index in [1.54, 1.807) is 0 Å². The highest BCUT2D eigenvalue weighted by atomic mass is 16.5. The van der Waals surface area contributed by atoms with Gasteiger partial charge in [0.1, 0.15) is 0 Å². The van der Waals surface area contributed by atoms with Gasteiger partial charge in [-0.25, -0.2) is 0 Å². The molecule has 3 rings (SSSR count). The van der Waals surface area contributed by atoms with Gasteiger partial charge in [0.05, 0.1) is 11.7 Å². The van der Waals surface area contributed by atoms with E-state index >= 15 is 0 Å². The van der Waals surface area contributed by atoms with Gasteiger partial charge in [-0.15, -0.1) is 0 Å². The molecule has 0 radical (unpaired) electrons. The van der Waals surface area contributed by atoms with Gasteiger partial charge >= 0.3 is 0 Å². The molecule has 1 aliphatic carbocycles.